The van der Waals surface area contributed by atoms with Gasteiger partial charge in [0.2, 0.25) is 0 Å². The molecule has 0 saturated heterocycles. The van der Waals surface area contributed by atoms with Crippen LogP contribution >= 0.6 is 0 Å². The van der Waals surface area contributed by atoms with Crippen LogP contribution in [-0.4, -0.2) is 50.4 Å². The highest BCUT2D eigenvalue weighted by molar-refractivity contribution is 7.84. The van der Waals surface area contributed by atoms with Gasteiger partial charge in [-0.3, -0.25) is 9.00 Å². The molecule has 0 spiro atoms. The fourth-order valence-corrected chi connectivity index (χ4v) is 5.63. The van der Waals surface area contributed by atoms with Crippen molar-refractivity contribution in [1.82, 2.24) is 14.5 Å². The van der Waals surface area contributed by atoms with Gasteiger partial charge in [0.25, 0.3) is 5.56 Å². The largest absolute Gasteiger partial charge is 0.382 e. The van der Waals surface area contributed by atoms with Gasteiger partial charge in [0, 0.05) is 84.5 Å². The van der Waals surface area contributed by atoms with Crippen LogP contribution in [0.4, 0.5) is 31.7 Å². The van der Waals surface area contributed by atoms with Crippen LogP contribution in [0.1, 0.15) is 5.56 Å². The van der Waals surface area contributed by atoms with Gasteiger partial charge in [0.15, 0.2) is 11.6 Å². The molecule has 0 radical (unpaired) electrons. The summed E-state index contributed by atoms with van der Waals surface area (Å²) in [4.78, 5) is 24.0. The molecule has 1 atom stereocenters. The third kappa shape index (κ3) is 3.57. The molecule has 1 aromatic carbocycles. The summed E-state index contributed by atoms with van der Waals surface area (Å²) in [6.45, 7) is 2.32. The summed E-state index contributed by atoms with van der Waals surface area (Å²) < 4.78 is 42.1. The Bertz CT molecular complexity index is 1610. The minimum absolute atomic E-state index is 0.000485. The molecule has 0 bridgehead atoms. The van der Waals surface area contributed by atoms with Gasteiger partial charge in [0.05, 0.1) is 29.8 Å². The van der Waals surface area contributed by atoms with Crippen molar-refractivity contribution < 1.29 is 13.0 Å². The van der Waals surface area contributed by atoms with Crippen LogP contribution in [0.2, 0.25) is 0 Å². The smallest absolute Gasteiger partial charge is 0.274 e. The monoisotopic (exact) mass is 510 g/mol. The zero-order valence-corrected chi connectivity index (χ0v) is 20.6. The molecule has 2 aliphatic heterocycles. The van der Waals surface area contributed by atoms with Gasteiger partial charge in [-0.15, -0.1) is 0 Å². The number of pyridine rings is 2. The van der Waals surface area contributed by atoms with Gasteiger partial charge in [-0.05, 0) is 17.7 Å². The van der Waals surface area contributed by atoms with Crippen LogP contribution in [0.15, 0.2) is 41.6 Å². The molecule has 3 aromatic heterocycles. The minimum Gasteiger partial charge on any atom is -0.382 e. The molecule has 2 N–H and O–H groups in total. The normalized spacial score (nSPS) is 15.3. The number of rotatable bonds is 4. The van der Waals surface area contributed by atoms with Crippen LogP contribution in [0, 0.1) is 11.6 Å². The van der Waals surface area contributed by atoms with Crippen LogP contribution in [0.5, 0.6) is 0 Å². The number of aryl methyl sites for hydroxylation is 1. The fraction of sp³-hybridized carbons (Fsp3) is 0.280. The minimum atomic E-state index is -0.930. The van der Waals surface area contributed by atoms with E-state index in [1.54, 1.807) is 30.6 Å². The van der Waals surface area contributed by atoms with Crippen molar-refractivity contribution in [3.63, 3.8) is 0 Å². The van der Waals surface area contributed by atoms with Crippen LogP contribution in [-0.2, 0) is 24.4 Å². The lowest BCUT2D eigenvalue weighted by Gasteiger charge is -2.34. The standard InChI is InChI=1S/C25H24F2N6O2S/c1-31-13-17-16-8-21-19(28-3-4-32(21)5-6-36(2)35)9-20(16)33(24-18(27)7-15(26)11-30-24)12-14-10-29-23(22(14)17)25(31)34/h7-11,13,28-29H,3-6,12H2,1-2H3. The van der Waals surface area contributed by atoms with Crippen molar-refractivity contribution in [1.29, 1.82) is 0 Å². The number of hydrogen-bond donors (Lipinski definition) is 2. The third-order valence-electron chi connectivity index (χ3n) is 6.84. The number of halogens is 2. The molecule has 5 heterocycles. The van der Waals surface area contributed by atoms with Crippen molar-refractivity contribution in [2.24, 2.45) is 7.05 Å². The molecule has 0 saturated carbocycles. The second kappa shape index (κ2) is 8.44. The topological polar surface area (TPSA) is 86.3 Å². The molecular weight excluding hydrogens is 486 g/mol. The number of H-pyrrole nitrogens is 1. The Morgan fingerprint density at radius 2 is 2.00 bits per heavy atom. The first-order chi connectivity index (χ1) is 17.3. The molecule has 11 heteroatoms. The summed E-state index contributed by atoms with van der Waals surface area (Å²) in [5.74, 6) is -0.982. The van der Waals surface area contributed by atoms with Crippen molar-refractivity contribution in [2.75, 3.05) is 46.8 Å². The van der Waals surface area contributed by atoms with E-state index in [0.29, 0.717) is 30.0 Å². The van der Waals surface area contributed by atoms with Crippen molar-refractivity contribution in [3.05, 3.63) is 64.3 Å². The molecule has 186 valence electrons. The van der Waals surface area contributed by atoms with E-state index in [1.807, 2.05) is 12.1 Å². The van der Waals surface area contributed by atoms with Gasteiger partial charge < -0.3 is 24.7 Å². The number of aromatic amines is 1. The molecule has 0 amide bonds. The first-order valence-corrected chi connectivity index (χ1v) is 13.3. The highest BCUT2D eigenvalue weighted by Gasteiger charge is 2.30. The van der Waals surface area contributed by atoms with Gasteiger partial charge in [0.1, 0.15) is 11.3 Å². The summed E-state index contributed by atoms with van der Waals surface area (Å²) in [6, 6.07) is 4.81. The molecule has 0 aliphatic carbocycles. The Balaban J connectivity index is 1.63. The number of benzene rings is 1. The SMILES string of the molecule is Cn1cc2c3c(c[nH]c3c1=O)CN(c1ncc(F)cc1F)c1cc3c(cc1-2)N(CCS(C)=O)CCN3. The van der Waals surface area contributed by atoms with E-state index in [2.05, 4.69) is 20.2 Å². The van der Waals surface area contributed by atoms with Crippen molar-refractivity contribution >= 4 is 44.6 Å². The van der Waals surface area contributed by atoms with E-state index in [0.717, 1.165) is 52.3 Å². The Morgan fingerprint density at radius 1 is 1.17 bits per heavy atom. The summed E-state index contributed by atoms with van der Waals surface area (Å²) in [5, 5.41) is 4.20. The van der Waals surface area contributed by atoms with Crippen molar-refractivity contribution in [3.8, 4) is 11.1 Å². The van der Waals surface area contributed by atoms with E-state index in [4.69, 9.17) is 0 Å². The molecule has 0 fully saturated rings. The average Bonchev–Trinajstić information content (AvgIpc) is 3.22. The average molecular weight is 511 g/mol. The molecule has 36 heavy (non-hydrogen) atoms. The number of nitrogens with one attached hydrogen (secondary N) is 2. The van der Waals surface area contributed by atoms with E-state index in [1.165, 1.54) is 4.57 Å². The fourth-order valence-electron chi connectivity index (χ4n) is 5.15. The zero-order chi connectivity index (χ0) is 25.1. The maximum absolute atomic E-state index is 15.1. The lowest BCUT2D eigenvalue weighted by atomic mass is 9.98. The maximum atomic E-state index is 15.1. The zero-order valence-electron chi connectivity index (χ0n) is 19.8. The highest BCUT2D eigenvalue weighted by Crippen LogP contribution is 2.47. The molecule has 2 aliphatic rings. The molecule has 4 aromatic rings. The number of fused-ring (bicyclic) bond motifs is 3. The molecule has 6 rings (SSSR count). The van der Waals surface area contributed by atoms with Gasteiger partial charge in [-0.25, -0.2) is 13.8 Å². The number of hydrogen-bond acceptors (Lipinski definition) is 6. The van der Waals surface area contributed by atoms with E-state index in [-0.39, 0.29) is 17.9 Å². The maximum Gasteiger partial charge on any atom is 0.274 e. The summed E-state index contributed by atoms with van der Waals surface area (Å²) in [6.07, 6.45) is 6.25. The Hall–Kier alpha value is -3.73. The van der Waals surface area contributed by atoms with Gasteiger partial charge >= 0.3 is 0 Å². The lowest BCUT2D eigenvalue weighted by molar-refractivity contribution is 0.571. The van der Waals surface area contributed by atoms with E-state index in [9.17, 15) is 13.4 Å². The van der Waals surface area contributed by atoms with E-state index < -0.39 is 22.4 Å². The second-order valence-corrected chi connectivity index (χ2v) is 10.7. The molecule has 8 nitrogen and oxygen atoms in total. The first kappa shape index (κ1) is 22.7. The Morgan fingerprint density at radius 3 is 2.78 bits per heavy atom. The Kier molecular flexibility index (Phi) is 5.32. The lowest BCUT2D eigenvalue weighted by Crippen LogP contribution is -2.36. The Labute approximate surface area is 208 Å². The van der Waals surface area contributed by atoms with Crippen molar-refractivity contribution in [2.45, 2.75) is 6.54 Å². The highest BCUT2D eigenvalue weighted by atomic mass is 32.2. The van der Waals surface area contributed by atoms with Gasteiger partial charge in [-0.2, -0.15) is 0 Å². The number of aromatic nitrogens is 3. The predicted molar refractivity (Wildman–Crippen MR) is 139 cm³/mol. The summed E-state index contributed by atoms with van der Waals surface area (Å²) >= 11 is 0. The van der Waals surface area contributed by atoms with Crippen LogP contribution in [0.3, 0.4) is 0 Å². The van der Waals surface area contributed by atoms with Crippen LogP contribution in [0.25, 0.3) is 22.0 Å². The summed E-state index contributed by atoms with van der Waals surface area (Å²) in [7, 11) is 0.769. The second-order valence-electron chi connectivity index (χ2n) is 9.15. The van der Waals surface area contributed by atoms with Gasteiger partial charge in [-0.1, -0.05) is 0 Å². The van der Waals surface area contributed by atoms with Crippen LogP contribution < -0.4 is 20.7 Å². The third-order valence-corrected chi connectivity index (χ3v) is 7.60. The van der Waals surface area contributed by atoms with E-state index >= 15 is 4.39 Å². The number of anilines is 4. The molecular formula is C25H24F2N6O2S. The summed E-state index contributed by atoms with van der Waals surface area (Å²) in [5.41, 5.74) is 5.25. The quantitative estimate of drug-likeness (QED) is 0.437. The first-order valence-electron chi connectivity index (χ1n) is 11.6. The predicted octanol–water partition coefficient (Wildman–Crippen LogP) is 3.47. The number of nitrogens with zero attached hydrogens (tertiary/aromatic N) is 4. The molecule has 1 unspecified atom stereocenters.